The summed E-state index contributed by atoms with van der Waals surface area (Å²) in [7, 11) is 1.93. The highest BCUT2D eigenvalue weighted by Crippen LogP contribution is 2.18. The smallest absolute Gasteiger partial charge is 0.228 e. The largest absolute Gasteiger partial charge is 0.376 e. The van der Waals surface area contributed by atoms with E-state index in [0.717, 1.165) is 12.8 Å². The van der Waals surface area contributed by atoms with Gasteiger partial charge < -0.3 is 19.3 Å². The predicted octanol–water partition coefficient (Wildman–Crippen LogP) is 0.698. The Balaban J connectivity index is 1.94. The third-order valence-corrected chi connectivity index (χ3v) is 2.91. The van der Waals surface area contributed by atoms with Crippen LogP contribution in [0.1, 0.15) is 31.2 Å². The topological polar surface area (TPSA) is 69.4 Å². The number of ether oxygens (including phenoxy) is 2. The molecule has 2 atom stereocenters. The first-order valence-electron chi connectivity index (χ1n) is 6.02. The fourth-order valence-corrected chi connectivity index (χ4v) is 1.78. The first-order valence-corrected chi connectivity index (χ1v) is 6.02. The third kappa shape index (κ3) is 3.24. The van der Waals surface area contributed by atoms with Gasteiger partial charge in [0.05, 0.1) is 19.8 Å². The van der Waals surface area contributed by atoms with Crippen LogP contribution in [-0.2, 0) is 15.9 Å². The molecule has 0 aromatic carbocycles. The summed E-state index contributed by atoms with van der Waals surface area (Å²) in [5, 5.41) is 7.15. The molecule has 2 unspecified atom stereocenters. The highest BCUT2D eigenvalue weighted by Gasteiger charge is 2.22. The molecule has 2 rings (SSSR count). The van der Waals surface area contributed by atoms with Crippen molar-refractivity contribution >= 4 is 0 Å². The van der Waals surface area contributed by atoms with Crippen molar-refractivity contribution < 1.29 is 14.0 Å². The van der Waals surface area contributed by atoms with E-state index in [9.17, 15) is 0 Å². The monoisotopic (exact) mass is 241 g/mol. The number of aromatic nitrogens is 2. The highest BCUT2D eigenvalue weighted by atomic mass is 16.6. The molecular formula is C11H19N3O3. The average molecular weight is 241 g/mol. The number of likely N-dealkylation sites (N-methyl/N-ethyl adjacent to an activating group) is 1. The zero-order valence-electron chi connectivity index (χ0n) is 10.3. The molecule has 2 heterocycles. The minimum atomic E-state index is -0.184. The van der Waals surface area contributed by atoms with Crippen LogP contribution in [0.3, 0.4) is 0 Å². The highest BCUT2D eigenvalue weighted by molar-refractivity contribution is 4.94. The first-order chi connectivity index (χ1) is 8.33. The lowest BCUT2D eigenvalue weighted by Crippen LogP contribution is -2.26. The van der Waals surface area contributed by atoms with Crippen LogP contribution in [0.4, 0.5) is 0 Å². The van der Waals surface area contributed by atoms with Crippen molar-refractivity contribution in [1.29, 1.82) is 0 Å². The zero-order valence-corrected chi connectivity index (χ0v) is 10.3. The van der Waals surface area contributed by atoms with Crippen LogP contribution < -0.4 is 5.32 Å². The summed E-state index contributed by atoms with van der Waals surface area (Å²) < 4.78 is 16.0. The number of hydrogen-bond donors (Lipinski definition) is 1. The Kier molecular flexibility index (Phi) is 4.47. The quantitative estimate of drug-likeness (QED) is 0.818. The van der Waals surface area contributed by atoms with Gasteiger partial charge >= 0.3 is 0 Å². The molecule has 0 aliphatic carbocycles. The Morgan fingerprint density at radius 2 is 2.35 bits per heavy atom. The maximum Gasteiger partial charge on any atom is 0.228 e. The maximum absolute atomic E-state index is 5.51. The average Bonchev–Trinajstić information content (AvgIpc) is 2.85. The van der Waals surface area contributed by atoms with E-state index in [2.05, 4.69) is 22.4 Å². The summed E-state index contributed by atoms with van der Waals surface area (Å²) in [5.74, 6) is 1.24. The van der Waals surface area contributed by atoms with E-state index in [1.807, 2.05) is 7.05 Å². The second kappa shape index (κ2) is 6.09. The molecule has 1 aliphatic rings. The van der Waals surface area contributed by atoms with Crippen LogP contribution in [0.5, 0.6) is 0 Å². The lowest BCUT2D eigenvalue weighted by atomic mass is 10.1. The van der Waals surface area contributed by atoms with Crippen LogP contribution in [0.15, 0.2) is 4.52 Å². The van der Waals surface area contributed by atoms with Crippen LogP contribution in [0.25, 0.3) is 0 Å². The number of nitrogens with zero attached hydrogens (tertiary/aromatic N) is 2. The van der Waals surface area contributed by atoms with Crippen molar-refractivity contribution in [3.63, 3.8) is 0 Å². The van der Waals surface area contributed by atoms with Crippen LogP contribution in [0, 0.1) is 0 Å². The summed E-state index contributed by atoms with van der Waals surface area (Å²) in [4.78, 5) is 4.35. The van der Waals surface area contributed by atoms with Crippen LogP contribution >= 0.6 is 0 Å². The van der Waals surface area contributed by atoms with Gasteiger partial charge in [-0.25, -0.2) is 0 Å². The molecular weight excluding hydrogens is 222 g/mol. The summed E-state index contributed by atoms with van der Waals surface area (Å²) in [6.07, 6.45) is 1.58. The van der Waals surface area contributed by atoms with E-state index < -0.39 is 0 Å². The van der Waals surface area contributed by atoms with E-state index in [-0.39, 0.29) is 6.10 Å². The van der Waals surface area contributed by atoms with Gasteiger partial charge in [0.1, 0.15) is 6.10 Å². The Morgan fingerprint density at radius 3 is 3.00 bits per heavy atom. The normalized spacial score (nSPS) is 22.6. The fourth-order valence-electron chi connectivity index (χ4n) is 1.78. The second-order valence-corrected chi connectivity index (χ2v) is 4.08. The molecule has 0 bridgehead atoms. The second-order valence-electron chi connectivity index (χ2n) is 4.08. The Morgan fingerprint density at radius 1 is 1.47 bits per heavy atom. The minimum absolute atomic E-state index is 0.184. The van der Waals surface area contributed by atoms with Crippen molar-refractivity contribution in [2.24, 2.45) is 0 Å². The Labute approximate surface area is 101 Å². The standard InChI is InChI=1S/C11H19N3O3/c1-3-8(12-2)6-10-13-11(14-17-10)9-7-15-4-5-16-9/h8-9,12H,3-7H2,1-2H3. The lowest BCUT2D eigenvalue weighted by Gasteiger charge is -2.19. The predicted molar refractivity (Wildman–Crippen MR) is 60.7 cm³/mol. The van der Waals surface area contributed by atoms with E-state index in [1.165, 1.54) is 0 Å². The van der Waals surface area contributed by atoms with Crippen molar-refractivity contribution in [2.45, 2.75) is 31.9 Å². The molecule has 0 radical (unpaired) electrons. The van der Waals surface area contributed by atoms with Gasteiger partial charge in [-0.2, -0.15) is 4.98 Å². The van der Waals surface area contributed by atoms with Crippen molar-refractivity contribution in [3.05, 3.63) is 11.7 Å². The number of hydrogen-bond acceptors (Lipinski definition) is 6. The summed E-state index contributed by atoms with van der Waals surface area (Å²) in [6.45, 7) is 3.85. The minimum Gasteiger partial charge on any atom is -0.376 e. The van der Waals surface area contributed by atoms with Gasteiger partial charge in [0.25, 0.3) is 0 Å². The molecule has 1 aliphatic heterocycles. The Hall–Kier alpha value is -0.980. The van der Waals surface area contributed by atoms with Crippen LogP contribution in [0.2, 0.25) is 0 Å². The molecule has 0 saturated carbocycles. The molecule has 1 saturated heterocycles. The Bertz CT molecular complexity index is 332. The van der Waals surface area contributed by atoms with E-state index in [0.29, 0.717) is 37.6 Å². The third-order valence-electron chi connectivity index (χ3n) is 2.91. The summed E-state index contributed by atoms with van der Waals surface area (Å²) in [6, 6.07) is 0.367. The van der Waals surface area contributed by atoms with Crippen LogP contribution in [-0.4, -0.2) is 43.1 Å². The van der Waals surface area contributed by atoms with E-state index >= 15 is 0 Å². The molecule has 1 aromatic heterocycles. The number of nitrogens with one attached hydrogen (secondary N) is 1. The lowest BCUT2D eigenvalue weighted by molar-refractivity contribution is -0.0941. The molecule has 17 heavy (non-hydrogen) atoms. The van der Waals surface area contributed by atoms with E-state index in [4.69, 9.17) is 14.0 Å². The van der Waals surface area contributed by atoms with Gasteiger partial charge in [0.2, 0.25) is 11.7 Å². The van der Waals surface area contributed by atoms with Gasteiger partial charge in [-0.3, -0.25) is 0 Å². The van der Waals surface area contributed by atoms with Gasteiger partial charge in [-0.1, -0.05) is 12.1 Å². The molecule has 0 spiro atoms. The van der Waals surface area contributed by atoms with Gasteiger partial charge in [-0.15, -0.1) is 0 Å². The number of rotatable bonds is 5. The van der Waals surface area contributed by atoms with Crippen molar-refractivity contribution in [3.8, 4) is 0 Å². The molecule has 96 valence electrons. The van der Waals surface area contributed by atoms with Gasteiger partial charge in [0, 0.05) is 12.5 Å². The van der Waals surface area contributed by atoms with Gasteiger partial charge in [-0.05, 0) is 13.5 Å². The molecule has 6 nitrogen and oxygen atoms in total. The summed E-state index contributed by atoms with van der Waals surface area (Å²) in [5.41, 5.74) is 0. The maximum atomic E-state index is 5.51. The molecule has 6 heteroatoms. The molecule has 1 aromatic rings. The van der Waals surface area contributed by atoms with Crippen molar-refractivity contribution in [2.75, 3.05) is 26.9 Å². The molecule has 1 N–H and O–H groups in total. The first kappa shape index (κ1) is 12.5. The zero-order chi connectivity index (χ0) is 12.1. The SMILES string of the molecule is CCC(Cc1nc(C2COCCO2)no1)NC. The fraction of sp³-hybridized carbons (Fsp3) is 0.818. The van der Waals surface area contributed by atoms with Gasteiger partial charge in [0.15, 0.2) is 0 Å². The van der Waals surface area contributed by atoms with E-state index in [1.54, 1.807) is 0 Å². The molecule has 1 fully saturated rings. The summed E-state index contributed by atoms with van der Waals surface area (Å²) >= 11 is 0. The molecule has 0 amide bonds. The van der Waals surface area contributed by atoms with Crippen molar-refractivity contribution in [1.82, 2.24) is 15.5 Å².